The predicted octanol–water partition coefficient (Wildman–Crippen LogP) is 0.846. The molecule has 2 N–H and O–H groups in total. The molecule has 5 heteroatoms. The zero-order valence-corrected chi connectivity index (χ0v) is 8.45. The summed E-state index contributed by atoms with van der Waals surface area (Å²) in [6.07, 6.45) is 0.838. The Kier molecular flexibility index (Phi) is 3.85. The summed E-state index contributed by atoms with van der Waals surface area (Å²) in [4.78, 5) is 15.2. The fourth-order valence-electron chi connectivity index (χ4n) is 0.841. The van der Waals surface area contributed by atoms with Crippen LogP contribution in [0.2, 0.25) is 5.02 Å². The number of hydrogen-bond acceptors (Lipinski definition) is 3. The van der Waals surface area contributed by atoms with Gasteiger partial charge in [-0.3, -0.25) is 4.79 Å². The number of pyridine rings is 1. The van der Waals surface area contributed by atoms with E-state index in [9.17, 15) is 4.79 Å². The van der Waals surface area contributed by atoms with E-state index in [4.69, 9.17) is 16.7 Å². The third kappa shape index (κ3) is 3.32. The van der Waals surface area contributed by atoms with Crippen molar-refractivity contribution in [3.63, 3.8) is 0 Å². The molecular formula is C9H11ClN2O2. The molecule has 0 aliphatic heterocycles. The molecule has 14 heavy (non-hydrogen) atoms. The maximum Gasteiger partial charge on any atom is 0.269 e. The van der Waals surface area contributed by atoms with E-state index in [2.05, 4.69) is 10.3 Å². The molecule has 0 aliphatic carbocycles. The molecule has 1 atom stereocenters. The average molecular weight is 215 g/mol. The summed E-state index contributed by atoms with van der Waals surface area (Å²) >= 11 is 5.61. The minimum Gasteiger partial charge on any atom is -0.392 e. The Balaban J connectivity index is 2.57. The van der Waals surface area contributed by atoms with Crippen LogP contribution in [0.4, 0.5) is 0 Å². The van der Waals surface area contributed by atoms with Gasteiger partial charge in [-0.15, -0.1) is 0 Å². The summed E-state index contributed by atoms with van der Waals surface area (Å²) in [5, 5.41) is 11.9. The summed E-state index contributed by atoms with van der Waals surface area (Å²) in [6, 6.07) is 3.12. The third-order valence-corrected chi connectivity index (χ3v) is 1.74. The molecule has 0 radical (unpaired) electrons. The number of nitrogens with zero attached hydrogens (tertiary/aromatic N) is 1. The van der Waals surface area contributed by atoms with E-state index >= 15 is 0 Å². The number of hydrogen-bond donors (Lipinski definition) is 2. The van der Waals surface area contributed by atoms with Crippen LogP contribution >= 0.6 is 11.6 Å². The van der Waals surface area contributed by atoms with Crippen molar-refractivity contribution in [2.45, 2.75) is 13.0 Å². The Bertz CT molecular complexity index is 311. The number of halogens is 1. The molecule has 0 spiro atoms. The molecular weight excluding hydrogens is 204 g/mol. The molecule has 0 aliphatic rings. The molecule has 0 saturated heterocycles. The van der Waals surface area contributed by atoms with Crippen LogP contribution in [0.15, 0.2) is 18.3 Å². The quantitative estimate of drug-likeness (QED) is 0.784. The molecule has 0 saturated carbocycles. The highest BCUT2D eigenvalue weighted by molar-refractivity contribution is 6.30. The van der Waals surface area contributed by atoms with Crippen molar-refractivity contribution in [2.75, 3.05) is 6.54 Å². The van der Waals surface area contributed by atoms with Crippen molar-refractivity contribution in [3.8, 4) is 0 Å². The molecule has 0 bridgehead atoms. The highest BCUT2D eigenvalue weighted by Gasteiger charge is 2.06. The Hall–Kier alpha value is -1.13. The first-order chi connectivity index (χ1) is 6.59. The highest BCUT2D eigenvalue weighted by Crippen LogP contribution is 2.05. The van der Waals surface area contributed by atoms with Crippen molar-refractivity contribution >= 4 is 17.5 Å². The van der Waals surface area contributed by atoms with E-state index < -0.39 is 6.10 Å². The molecule has 1 unspecified atom stereocenters. The van der Waals surface area contributed by atoms with Crippen LogP contribution in [0.25, 0.3) is 0 Å². The van der Waals surface area contributed by atoms with Crippen LogP contribution in [0.3, 0.4) is 0 Å². The Labute approximate surface area is 86.9 Å². The van der Waals surface area contributed by atoms with Crippen molar-refractivity contribution < 1.29 is 9.90 Å². The van der Waals surface area contributed by atoms with E-state index in [0.717, 1.165) is 0 Å². The smallest absolute Gasteiger partial charge is 0.269 e. The standard InChI is InChI=1S/C9H11ClN2O2/c1-6(13)4-12-9(14)8-3-2-7(10)5-11-8/h2-3,5-6,13H,4H2,1H3,(H,12,14). The molecule has 1 aromatic rings. The van der Waals surface area contributed by atoms with Gasteiger partial charge in [0.15, 0.2) is 0 Å². The van der Waals surface area contributed by atoms with Gasteiger partial charge in [-0.05, 0) is 19.1 Å². The molecule has 4 nitrogen and oxygen atoms in total. The van der Waals surface area contributed by atoms with Crippen LogP contribution in [-0.2, 0) is 0 Å². The molecule has 0 aromatic carbocycles. The zero-order chi connectivity index (χ0) is 10.6. The summed E-state index contributed by atoms with van der Waals surface area (Å²) in [5.41, 5.74) is 0.287. The lowest BCUT2D eigenvalue weighted by Gasteiger charge is -2.05. The van der Waals surface area contributed by atoms with Gasteiger partial charge in [0.2, 0.25) is 0 Å². The fraction of sp³-hybridized carbons (Fsp3) is 0.333. The van der Waals surface area contributed by atoms with Crippen LogP contribution < -0.4 is 5.32 Å². The number of carbonyl (C=O) groups excluding carboxylic acids is 1. The first kappa shape index (κ1) is 10.9. The van der Waals surface area contributed by atoms with Crippen molar-refractivity contribution in [1.29, 1.82) is 0 Å². The monoisotopic (exact) mass is 214 g/mol. The van der Waals surface area contributed by atoms with Gasteiger partial charge in [0.05, 0.1) is 11.1 Å². The van der Waals surface area contributed by atoms with E-state index in [1.807, 2.05) is 0 Å². The van der Waals surface area contributed by atoms with Gasteiger partial charge in [-0.1, -0.05) is 11.6 Å². The third-order valence-electron chi connectivity index (χ3n) is 1.52. The van der Waals surface area contributed by atoms with Gasteiger partial charge in [0, 0.05) is 12.7 Å². The lowest BCUT2D eigenvalue weighted by Crippen LogP contribution is -2.31. The second-order valence-corrected chi connectivity index (χ2v) is 3.36. The zero-order valence-electron chi connectivity index (χ0n) is 7.70. The normalized spacial score (nSPS) is 12.2. The van der Waals surface area contributed by atoms with Crippen molar-refractivity contribution in [2.24, 2.45) is 0 Å². The van der Waals surface area contributed by atoms with Gasteiger partial charge in [0.1, 0.15) is 5.69 Å². The van der Waals surface area contributed by atoms with Gasteiger partial charge < -0.3 is 10.4 Å². The second kappa shape index (κ2) is 4.93. The average Bonchev–Trinajstić information content (AvgIpc) is 2.15. The highest BCUT2D eigenvalue weighted by atomic mass is 35.5. The summed E-state index contributed by atoms with van der Waals surface area (Å²) in [7, 11) is 0. The predicted molar refractivity (Wildman–Crippen MR) is 53.3 cm³/mol. The Morgan fingerprint density at radius 2 is 2.43 bits per heavy atom. The van der Waals surface area contributed by atoms with Crippen LogP contribution in [0.5, 0.6) is 0 Å². The summed E-state index contributed by atoms with van der Waals surface area (Å²) in [6.45, 7) is 1.80. The Morgan fingerprint density at radius 1 is 1.71 bits per heavy atom. The summed E-state index contributed by atoms with van der Waals surface area (Å²) < 4.78 is 0. The number of aliphatic hydroxyl groups excluding tert-OH is 1. The summed E-state index contributed by atoms with van der Waals surface area (Å²) in [5.74, 6) is -0.317. The van der Waals surface area contributed by atoms with E-state index in [1.165, 1.54) is 12.3 Å². The van der Waals surface area contributed by atoms with Crippen LogP contribution in [-0.4, -0.2) is 28.6 Å². The maximum atomic E-state index is 11.3. The van der Waals surface area contributed by atoms with Gasteiger partial charge in [-0.25, -0.2) is 4.98 Å². The van der Waals surface area contributed by atoms with Crippen LogP contribution in [0, 0.1) is 0 Å². The van der Waals surface area contributed by atoms with E-state index in [-0.39, 0.29) is 18.1 Å². The maximum absolute atomic E-state index is 11.3. The van der Waals surface area contributed by atoms with Crippen molar-refractivity contribution in [3.05, 3.63) is 29.0 Å². The molecule has 1 amide bonds. The molecule has 1 heterocycles. The minimum atomic E-state index is -0.564. The Morgan fingerprint density at radius 3 is 2.93 bits per heavy atom. The molecule has 76 valence electrons. The van der Waals surface area contributed by atoms with E-state index in [0.29, 0.717) is 5.02 Å². The number of aliphatic hydroxyl groups is 1. The van der Waals surface area contributed by atoms with Gasteiger partial charge >= 0.3 is 0 Å². The van der Waals surface area contributed by atoms with Crippen molar-refractivity contribution in [1.82, 2.24) is 10.3 Å². The number of rotatable bonds is 3. The number of carbonyl (C=O) groups is 1. The van der Waals surface area contributed by atoms with Gasteiger partial charge in [-0.2, -0.15) is 0 Å². The second-order valence-electron chi connectivity index (χ2n) is 2.92. The largest absolute Gasteiger partial charge is 0.392 e. The number of nitrogens with one attached hydrogen (secondary N) is 1. The number of aromatic nitrogens is 1. The lowest BCUT2D eigenvalue weighted by atomic mass is 10.3. The molecule has 1 rings (SSSR count). The lowest BCUT2D eigenvalue weighted by molar-refractivity contribution is 0.0919. The topological polar surface area (TPSA) is 62.2 Å². The number of amides is 1. The first-order valence-electron chi connectivity index (χ1n) is 4.17. The first-order valence-corrected chi connectivity index (χ1v) is 4.55. The van der Waals surface area contributed by atoms with Crippen LogP contribution in [0.1, 0.15) is 17.4 Å². The SMILES string of the molecule is CC(O)CNC(=O)c1ccc(Cl)cn1. The fourth-order valence-corrected chi connectivity index (χ4v) is 0.953. The molecule has 0 fully saturated rings. The molecule has 1 aromatic heterocycles. The van der Waals surface area contributed by atoms with E-state index in [1.54, 1.807) is 13.0 Å². The minimum absolute atomic E-state index is 0.211. The van der Waals surface area contributed by atoms with Gasteiger partial charge in [0.25, 0.3) is 5.91 Å².